The van der Waals surface area contributed by atoms with Gasteiger partial charge in [0.25, 0.3) is 0 Å². The summed E-state index contributed by atoms with van der Waals surface area (Å²) < 4.78 is 4.24. The summed E-state index contributed by atoms with van der Waals surface area (Å²) in [4.78, 5) is 19.7. The molecule has 0 spiro atoms. The van der Waals surface area contributed by atoms with Gasteiger partial charge in [0, 0.05) is 19.5 Å². The minimum Gasteiger partial charge on any atom is -0.550 e. The minimum absolute atomic E-state index is 0. The van der Waals surface area contributed by atoms with Crippen molar-refractivity contribution in [1.29, 1.82) is 0 Å². The summed E-state index contributed by atoms with van der Waals surface area (Å²) in [6, 6.07) is 0. The number of hydrogen-bond donors (Lipinski definition) is 0. The molecule has 0 aromatic rings. The third-order valence-electron chi connectivity index (χ3n) is 0.899. The van der Waals surface area contributed by atoms with Crippen LogP contribution in [0.15, 0.2) is 0 Å². The Kier molecular flexibility index (Phi) is 25.9. The van der Waals surface area contributed by atoms with Crippen molar-refractivity contribution in [3.05, 3.63) is 0 Å². The molecule has 0 aliphatic rings. The van der Waals surface area contributed by atoms with Crippen LogP contribution in [0.4, 0.5) is 0 Å². The molecule has 0 heterocycles. The molecule has 5 nitrogen and oxygen atoms in total. The molecule has 0 saturated carbocycles. The number of ether oxygens (including phenoxy) is 1. The van der Waals surface area contributed by atoms with Gasteiger partial charge in [0.1, 0.15) is 6.10 Å². The average molecular weight is 215 g/mol. The van der Waals surface area contributed by atoms with E-state index in [0.29, 0.717) is 0 Å². The van der Waals surface area contributed by atoms with Crippen molar-refractivity contribution >= 4 is 11.9 Å². The van der Waals surface area contributed by atoms with Gasteiger partial charge in [0.15, 0.2) is 0 Å². The molecule has 0 aliphatic carbocycles. The third kappa shape index (κ3) is 13.9. The van der Waals surface area contributed by atoms with E-state index in [1.807, 2.05) is 0 Å². The second-order valence-electron chi connectivity index (χ2n) is 1.62. The van der Waals surface area contributed by atoms with Crippen LogP contribution in [0.1, 0.15) is 6.42 Å². The second kappa shape index (κ2) is 13.9. The summed E-state index contributed by atoms with van der Waals surface area (Å²) in [5, 5.41) is 19.7. The average Bonchev–Trinajstić information content (AvgIpc) is 1.81. The van der Waals surface area contributed by atoms with Crippen LogP contribution in [0.3, 0.4) is 0 Å². The van der Waals surface area contributed by atoms with Crippen LogP contribution in [0.2, 0.25) is 0 Å². The van der Waals surface area contributed by atoms with Gasteiger partial charge in [-0.05, 0) is 0 Å². The van der Waals surface area contributed by atoms with Crippen molar-refractivity contribution in [2.75, 3.05) is 7.11 Å². The van der Waals surface area contributed by atoms with Gasteiger partial charge in [-0.1, -0.05) is 0 Å². The van der Waals surface area contributed by atoms with Crippen molar-refractivity contribution in [2.24, 2.45) is 0 Å². The van der Waals surface area contributed by atoms with Crippen molar-refractivity contribution < 1.29 is 113 Å². The van der Waals surface area contributed by atoms with Gasteiger partial charge in [0.2, 0.25) is 0 Å². The molecule has 0 rings (SSSR count). The molecule has 0 aromatic heterocycles. The zero-order valence-corrected chi connectivity index (χ0v) is 14.3. The number of carbonyl (C=O) groups excluding carboxylic acids is 2. The van der Waals surface area contributed by atoms with E-state index in [4.69, 9.17) is 0 Å². The first-order chi connectivity index (χ1) is 4.57. The maximum Gasteiger partial charge on any atom is 1.00 e. The molecule has 13 heavy (non-hydrogen) atoms. The molecule has 0 aliphatic heterocycles. The smallest absolute Gasteiger partial charge is 0.550 e. The van der Waals surface area contributed by atoms with E-state index in [9.17, 15) is 19.8 Å². The molecule has 0 amide bonds. The normalized spacial score (nSPS) is 9.62. The number of carboxylic acid groups (broad SMARTS) is 2. The fourth-order valence-corrected chi connectivity index (χ4v) is 0.414. The quantitative estimate of drug-likeness (QED) is 0.434. The fourth-order valence-electron chi connectivity index (χ4n) is 0.414. The maximum absolute atomic E-state index is 9.94. The molecule has 58 valence electrons. The second-order valence-corrected chi connectivity index (χ2v) is 1.62. The Hall–Kier alpha value is 1.90. The molecular weight excluding hydrogens is 209 g/mol. The van der Waals surface area contributed by atoms with E-state index in [2.05, 4.69) is 4.74 Å². The van der Waals surface area contributed by atoms with Crippen LogP contribution in [0.5, 0.6) is 0 Å². The molecule has 0 fully saturated rings. The van der Waals surface area contributed by atoms with E-state index >= 15 is 0 Å². The molecule has 0 saturated heterocycles. The molecule has 0 radical (unpaired) electrons. The first-order valence-corrected chi connectivity index (χ1v) is 2.51. The van der Waals surface area contributed by atoms with Gasteiger partial charge in [-0.25, -0.2) is 0 Å². The Bertz CT molecular complexity index is 151. The first-order valence-electron chi connectivity index (χ1n) is 2.51. The number of aliphatic carboxylic acids is 2. The Morgan fingerprint density at radius 3 is 1.69 bits per heavy atom. The van der Waals surface area contributed by atoms with Crippen molar-refractivity contribution in [1.82, 2.24) is 0 Å². The van der Waals surface area contributed by atoms with Gasteiger partial charge in [-0.15, -0.1) is 0 Å². The van der Waals surface area contributed by atoms with Gasteiger partial charge < -0.3 is 24.5 Å². The monoisotopic (exact) mass is 215 g/mol. The zero-order valence-electron chi connectivity index (χ0n) is 8.33. The number of rotatable bonds is 4. The predicted molar refractivity (Wildman–Crippen MR) is 25.4 cm³/mol. The van der Waals surface area contributed by atoms with E-state index < -0.39 is 24.5 Å². The molecular formula is C5H6Na3O5+. The van der Waals surface area contributed by atoms with Crippen LogP contribution in [0, 0.1) is 0 Å². The Balaban J connectivity index is -0.000000135. The third-order valence-corrected chi connectivity index (χ3v) is 0.899. The van der Waals surface area contributed by atoms with Crippen LogP contribution in [-0.2, 0) is 14.3 Å². The summed E-state index contributed by atoms with van der Waals surface area (Å²) in [5.74, 6) is -3.03. The van der Waals surface area contributed by atoms with E-state index in [0.717, 1.165) is 7.11 Å². The van der Waals surface area contributed by atoms with Crippen LogP contribution >= 0.6 is 0 Å². The van der Waals surface area contributed by atoms with Crippen LogP contribution < -0.4 is 98.9 Å². The predicted octanol–water partition coefficient (Wildman–Crippen LogP) is -12.1. The summed E-state index contributed by atoms with van der Waals surface area (Å²) in [6.45, 7) is 0. The summed E-state index contributed by atoms with van der Waals surface area (Å²) in [6.07, 6.45) is -2.09. The van der Waals surface area contributed by atoms with E-state index in [1.54, 1.807) is 0 Å². The number of methoxy groups -OCH3 is 1. The Morgan fingerprint density at radius 1 is 1.23 bits per heavy atom. The minimum atomic E-state index is -1.55. The van der Waals surface area contributed by atoms with Crippen molar-refractivity contribution in [3.8, 4) is 0 Å². The zero-order chi connectivity index (χ0) is 8.15. The van der Waals surface area contributed by atoms with Crippen LogP contribution in [0.25, 0.3) is 0 Å². The Morgan fingerprint density at radius 2 is 1.62 bits per heavy atom. The summed E-state index contributed by atoms with van der Waals surface area (Å²) in [7, 11) is 1.09. The maximum atomic E-state index is 9.94. The fraction of sp³-hybridized carbons (Fsp3) is 0.600. The van der Waals surface area contributed by atoms with Gasteiger partial charge in [-0.2, -0.15) is 0 Å². The molecule has 0 aromatic carbocycles. The standard InChI is InChI=1S/C5H8O5.3Na/c1-10-3(5(8)9)2-4(6)7;;;/h3H,2H2,1H3,(H,6,7)(H,8,9);;;/q;3*+1/p-2. The SMILES string of the molecule is COC(CC(=O)[O-])C(=O)[O-].[Na+].[Na+].[Na+]. The van der Waals surface area contributed by atoms with E-state index in [-0.39, 0.29) is 88.7 Å². The summed E-state index contributed by atoms with van der Waals surface area (Å²) >= 11 is 0. The van der Waals surface area contributed by atoms with Gasteiger partial charge in [0.05, 0.1) is 5.97 Å². The molecule has 1 atom stereocenters. The van der Waals surface area contributed by atoms with Crippen molar-refractivity contribution in [3.63, 3.8) is 0 Å². The van der Waals surface area contributed by atoms with Crippen molar-refractivity contribution in [2.45, 2.75) is 12.5 Å². The molecule has 0 bridgehead atoms. The number of carbonyl (C=O) groups is 2. The number of hydrogen-bond acceptors (Lipinski definition) is 5. The summed E-state index contributed by atoms with van der Waals surface area (Å²) in [5.41, 5.74) is 0. The molecule has 1 unspecified atom stereocenters. The van der Waals surface area contributed by atoms with Gasteiger partial charge in [-0.3, -0.25) is 0 Å². The van der Waals surface area contributed by atoms with E-state index in [1.165, 1.54) is 0 Å². The Labute approximate surface area is 142 Å². The largest absolute Gasteiger partial charge is 1.00 e. The topological polar surface area (TPSA) is 89.5 Å². The van der Waals surface area contributed by atoms with Crippen LogP contribution in [-0.4, -0.2) is 25.2 Å². The van der Waals surface area contributed by atoms with Gasteiger partial charge >= 0.3 is 88.7 Å². The molecule has 8 heteroatoms. The number of carboxylic acids is 2. The molecule has 0 N–H and O–H groups in total. The first kappa shape index (κ1) is 24.2.